The zero-order valence-electron chi connectivity index (χ0n) is 10.3. The number of aromatic nitrogens is 1. The molecule has 0 aromatic carbocycles. The summed E-state index contributed by atoms with van der Waals surface area (Å²) in [6, 6.07) is 0.725. The average Bonchev–Trinajstić information content (AvgIpc) is 2.67. The maximum atomic E-state index is 4.59. The van der Waals surface area contributed by atoms with Crippen molar-refractivity contribution in [3.63, 3.8) is 0 Å². The Kier molecular flexibility index (Phi) is 4.36. The van der Waals surface area contributed by atoms with Crippen LogP contribution in [-0.4, -0.2) is 17.6 Å². The molecule has 0 aliphatic heterocycles. The molecular formula is C13H22N2S. The fourth-order valence-corrected chi connectivity index (χ4v) is 3.57. The van der Waals surface area contributed by atoms with Gasteiger partial charge in [0.25, 0.3) is 0 Å². The highest BCUT2D eigenvalue weighted by Gasteiger charge is 2.25. The Balaban J connectivity index is 1.95. The summed E-state index contributed by atoms with van der Waals surface area (Å²) in [5, 5.41) is 7.13. The number of hydrogen-bond acceptors (Lipinski definition) is 3. The van der Waals surface area contributed by atoms with Crippen molar-refractivity contribution in [1.82, 2.24) is 10.3 Å². The second kappa shape index (κ2) is 5.78. The molecule has 0 spiro atoms. The van der Waals surface area contributed by atoms with E-state index in [2.05, 4.69) is 29.5 Å². The summed E-state index contributed by atoms with van der Waals surface area (Å²) in [5.41, 5.74) is 1.18. The molecule has 0 bridgehead atoms. The molecule has 0 radical (unpaired) electrons. The molecule has 1 saturated carbocycles. The van der Waals surface area contributed by atoms with Gasteiger partial charge >= 0.3 is 0 Å². The van der Waals surface area contributed by atoms with E-state index in [0.717, 1.165) is 18.5 Å². The van der Waals surface area contributed by atoms with Gasteiger partial charge in [0.2, 0.25) is 0 Å². The minimum Gasteiger partial charge on any atom is -0.314 e. The standard InChI is InChI=1S/C13H22N2S/c1-3-14-12-7-5-4-6-11(12)8-13-15-10(2)9-16-13/h9,11-12,14H,3-8H2,1-2H3. The van der Waals surface area contributed by atoms with Gasteiger partial charge in [0.15, 0.2) is 0 Å². The first-order chi connectivity index (χ1) is 7.79. The van der Waals surface area contributed by atoms with E-state index < -0.39 is 0 Å². The van der Waals surface area contributed by atoms with Crippen LogP contribution in [0.2, 0.25) is 0 Å². The number of thiazole rings is 1. The number of rotatable bonds is 4. The molecular weight excluding hydrogens is 216 g/mol. The summed E-state index contributed by atoms with van der Waals surface area (Å²) in [6.45, 7) is 5.39. The third-order valence-corrected chi connectivity index (χ3v) is 4.47. The molecule has 2 nitrogen and oxygen atoms in total. The molecule has 1 aromatic rings. The van der Waals surface area contributed by atoms with E-state index in [9.17, 15) is 0 Å². The van der Waals surface area contributed by atoms with Gasteiger partial charge in [0.05, 0.1) is 5.01 Å². The lowest BCUT2D eigenvalue weighted by Gasteiger charge is -2.31. The second-order valence-electron chi connectivity index (χ2n) is 4.80. The van der Waals surface area contributed by atoms with Crippen molar-refractivity contribution >= 4 is 11.3 Å². The van der Waals surface area contributed by atoms with Crippen molar-refractivity contribution < 1.29 is 0 Å². The summed E-state index contributed by atoms with van der Waals surface area (Å²) in [6.07, 6.45) is 6.69. The largest absolute Gasteiger partial charge is 0.314 e. The lowest BCUT2D eigenvalue weighted by molar-refractivity contribution is 0.264. The van der Waals surface area contributed by atoms with Gasteiger partial charge in [-0.15, -0.1) is 11.3 Å². The summed E-state index contributed by atoms with van der Waals surface area (Å²) in [4.78, 5) is 4.59. The summed E-state index contributed by atoms with van der Waals surface area (Å²) >= 11 is 1.82. The molecule has 0 amide bonds. The van der Waals surface area contributed by atoms with Crippen molar-refractivity contribution in [3.8, 4) is 0 Å². The van der Waals surface area contributed by atoms with E-state index in [4.69, 9.17) is 0 Å². The van der Waals surface area contributed by atoms with Gasteiger partial charge in [-0.05, 0) is 32.2 Å². The first-order valence-electron chi connectivity index (χ1n) is 6.44. The fraction of sp³-hybridized carbons (Fsp3) is 0.769. The van der Waals surface area contributed by atoms with Crippen LogP contribution in [0.1, 0.15) is 43.3 Å². The molecule has 1 aliphatic carbocycles. The van der Waals surface area contributed by atoms with E-state index in [1.165, 1.54) is 42.8 Å². The smallest absolute Gasteiger partial charge is 0.0931 e. The number of nitrogens with zero attached hydrogens (tertiary/aromatic N) is 1. The zero-order chi connectivity index (χ0) is 11.4. The lowest BCUT2D eigenvalue weighted by atomic mass is 9.82. The van der Waals surface area contributed by atoms with Gasteiger partial charge in [-0.2, -0.15) is 0 Å². The molecule has 2 rings (SSSR count). The van der Waals surface area contributed by atoms with Crippen LogP contribution >= 0.6 is 11.3 Å². The first kappa shape index (κ1) is 12.1. The Hall–Kier alpha value is -0.410. The van der Waals surface area contributed by atoms with Crippen LogP contribution in [0.5, 0.6) is 0 Å². The Morgan fingerprint density at radius 1 is 1.44 bits per heavy atom. The highest BCUT2D eigenvalue weighted by Crippen LogP contribution is 2.28. The molecule has 1 heterocycles. The molecule has 16 heavy (non-hydrogen) atoms. The minimum absolute atomic E-state index is 0.725. The molecule has 0 saturated heterocycles. The normalized spacial score (nSPS) is 25.9. The second-order valence-corrected chi connectivity index (χ2v) is 5.74. The Bertz CT molecular complexity index is 319. The summed E-state index contributed by atoms with van der Waals surface area (Å²) in [5.74, 6) is 0.805. The molecule has 2 atom stereocenters. The Morgan fingerprint density at radius 3 is 2.94 bits per heavy atom. The fourth-order valence-electron chi connectivity index (χ4n) is 2.70. The highest BCUT2D eigenvalue weighted by molar-refractivity contribution is 7.09. The molecule has 1 N–H and O–H groups in total. The van der Waals surface area contributed by atoms with Crippen LogP contribution in [0, 0.1) is 12.8 Å². The summed E-state index contributed by atoms with van der Waals surface area (Å²) in [7, 11) is 0. The topological polar surface area (TPSA) is 24.9 Å². The van der Waals surface area contributed by atoms with Gasteiger partial charge in [0.1, 0.15) is 0 Å². The van der Waals surface area contributed by atoms with Crippen LogP contribution in [-0.2, 0) is 6.42 Å². The van der Waals surface area contributed by atoms with Crippen LogP contribution in [0.15, 0.2) is 5.38 Å². The molecule has 1 aromatic heterocycles. The van der Waals surface area contributed by atoms with Crippen LogP contribution < -0.4 is 5.32 Å². The molecule has 3 heteroatoms. The molecule has 2 unspecified atom stereocenters. The maximum absolute atomic E-state index is 4.59. The lowest BCUT2D eigenvalue weighted by Crippen LogP contribution is -2.39. The van der Waals surface area contributed by atoms with Gasteiger partial charge in [-0.1, -0.05) is 19.8 Å². The number of nitrogens with one attached hydrogen (secondary N) is 1. The number of aryl methyl sites for hydroxylation is 1. The Morgan fingerprint density at radius 2 is 2.25 bits per heavy atom. The molecule has 1 fully saturated rings. The van der Waals surface area contributed by atoms with E-state index in [-0.39, 0.29) is 0 Å². The van der Waals surface area contributed by atoms with Crippen molar-refractivity contribution in [3.05, 3.63) is 16.1 Å². The van der Waals surface area contributed by atoms with Gasteiger partial charge < -0.3 is 5.32 Å². The van der Waals surface area contributed by atoms with Crippen molar-refractivity contribution in [1.29, 1.82) is 0 Å². The third-order valence-electron chi connectivity index (χ3n) is 3.48. The maximum Gasteiger partial charge on any atom is 0.0931 e. The highest BCUT2D eigenvalue weighted by atomic mass is 32.1. The third kappa shape index (κ3) is 3.05. The molecule has 1 aliphatic rings. The van der Waals surface area contributed by atoms with Gasteiger partial charge in [-0.25, -0.2) is 4.98 Å². The molecule has 90 valence electrons. The van der Waals surface area contributed by atoms with E-state index in [0.29, 0.717) is 0 Å². The predicted molar refractivity (Wildman–Crippen MR) is 70.0 cm³/mol. The first-order valence-corrected chi connectivity index (χ1v) is 7.32. The van der Waals surface area contributed by atoms with Gasteiger partial charge in [-0.3, -0.25) is 0 Å². The quantitative estimate of drug-likeness (QED) is 0.871. The Labute approximate surface area is 102 Å². The van der Waals surface area contributed by atoms with E-state index in [1.54, 1.807) is 0 Å². The zero-order valence-corrected chi connectivity index (χ0v) is 11.1. The van der Waals surface area contributed by atoms with Gasteiger partial charge in [0, 0.05) is 23.5 Å². The van der Waals surface area contributed by atoms with E-state index >= 15 is 0 Å². The van der Waals surface area contributed by atoms with E-state index in [1.807, 2.05) is 11.3 Å². The monoisotopic (exact) mass is 238 g/mol. The minimum atomic E-state index is 0.725. The predicted octanol–water partition coefficient (Wildman–Crippen LogP) is 3.16. The number of hydrogen-bond donors (Lipinski definition) is 1. The van der Waals surface area contributed by atoms with Crippen LogP contribution in [0.4, 0.5) is 0 Å². The average molecular weight is 238 g/mol. The summed E-state index contributed by atoms with van der Waals surface area (Å²) < 4.78 is 0. The van der Waals surface area contributed by atoms with Crippen LogP contribution in [0.25, 0.3) is 0 Å². The van der Waals surface area contributed by atoms with Crippen molar-refractivity contribution in [2.45, 2.75) is 52.0 Å². The SMILES string of the molecule is CCNC1CCCCC1Cc1nc(C)cs1. The van der Waals surface area contributed by atoms with Crippen LogP contribution in [0.3, 0.4) is 0 Å². The van der Waals surface area contributed by atoms with Crippen molar-refractivity contribution in [2.75, 3.05) is 6.54 Å². The van der Waals surface area contributed by atoms with Crippen molar-refractivity contribution in [2.24, 2.45) is 5.92 Å².